The van der Waals surface area contributed by atoms with Gasteiger partial charge in [-0.15, -0.1) is 0 Å². The van der Waals surface area contributed by atoms with Crippen molar-refractivity contribution in [2.75, 3.05) is 6.16 Å². The molecular formula is C2H2NaO4P. The third-order valence-corrected chi connectivity index (χ3v) is 0.775. The molecule has 8 heavy (non-hydrogen) atoms. The van der Waals surface area contributed by atoms with Crippen LogP contribution in [0.25, 0.3) is 0 Å². The van der Waals surface area contributed by atoms with Crippen LogP contribution in [0.4, 0.5) is 0 Å². The molecule has 0 aliphatic carbocycles. The first-order valence-corrected chi connectivity index (χ1v) is 2.81. The molecule has 0 heterocycles. The number of rotatable bonds is 2. The molecule has 0 aromatic heterocycles. The Labute approximate surface area is 68.4 Å². The molecule has 4 nitrogen and oxygen atoms in total. The van der Waals surface area contributed by atoms with Gasteiger partial charge in [-0.3, -0.25) is 0 Å². The van der Waals surface area contributed by atoms with Crippen molar-refractivity contribution < 1.29 is 48.6 Å². The molecule has 0 amide bonds. The van der Waals surface area contributed by atoms with Crippen LogP contribution in [0.2, 0.25) is 0 Å². The fourth-order valence-corrected chi connectivity index (χ4v) is 0.316. The van der Waals surface area contributed by atoms with Gasteiger partial charge in [0.1, 0.15) is 0 Å². The first-order chi connectivity index (χ1) is 3.13. The Morgan fingerprint density at radius 2 is 1.88 bits per heavy atom. The van der Waals surface area contributed by atoms with Gasteiger partial charge >= 0.3 is 37.2 Å². The zero-order valence-electron chi connectivity index (χ0n) is 4.29. The molecule has 0 saturated carbocycles. The summed E-state index contributed by atoms with van der Waals surface area (Å²) in [5.41, 5.74) is 0. The Bertz CT molecular complexity index is 131. The minimum Gasteiger partial charge on any atom is -0.549 e. The van der Waals surface area contributed by atoms with E-state index >= 15 is 0 Å². The largest absolute Gasteiger partial charge is 1.00 e. The molecule has 0 bridgehead atoms. The SMILES string of the molecule is O=C([O-])CP(=O)=O.[Na+]. The van der Waals surface area contributed by atoms with Crippen molar-refractivity contribution in [3.63, 3.8) is 0 Å². The summed E-state index contributed by atoms with van der Waals surface area (Å²) < 4.78 is 18.9. The predicted molar refractivity (Wildman–Crippen MR) is 18.2 cm³/mol. The molecule has 0 spiro atoms. The molecule has 40 valence electrons. The van der Waals surface area contributed by atoms with E-state index in [0.717, 1.165) is 0 Å². The van der Waals surface area contributed by atoms with Crippen molar-refractivity contribution in [1.29, 1.82) is 0 Å². The van der Waals surface area contributed by atoms with Crippen molar-refractivity contribution in [3.8, 4) is 0 Å². The third kappa shape index (κ3) is 9.62. The molecule has 0 saturated heterocycles. The van der Waals surface area contributed by atoms with E-state index in [1.807, 2.05) is 0 Å². The van der Waals surface area contributed by atoms with Gasteiger partial charge in [-0.2, -0.15) is 0 Å². The van der Waals surface area contributed by atoms with E-state index < -0.39 is 19.8 Å². The summed E-state index contributed by atoms with van der Waals surface area (Å²) in [6, 6.07) is 0. The van der Waals surface area contributed by atoms with E-state index in [0.29, 0.717) is 0 Å². The van der Waals surface area contributed by atoms with Crippen molar-refractivity contribution in [3.05, 3.63) is 0 Å². The summed E-state index contributed by atoms with van der Waals surface area (Å²) in [5, 5.41) is 9.31. The van der Waals surface area contributed by atoms with Gasteiger partial charge in [0, 0.05) is 0 Å². The van der Waals surface area contributed by atoms with Gasteiger partial charge in [0.2, 0.25) is 0 Å². The van der Waals surface area contributed by atoms with E-state index in [9.17, 15) is 19.0 Å². The van der Waals surface area contributed by atoms with Crippen LogP contribution in [0.3, 0.4) is 0 Å². The molecule has 0 aliphatic heterocycles. The Hall–Kier alpha value is 0.370. The van der Waals surface area contributed by atoms with Crippen molar-refractivity contribution >= 4 is 13.6 Å². The standard InChI is InChI=1S/C2H3O4P.Na/c3-2(4)1-7(5)6;/h1H2,(H,3,4);/q;+1/p-1. The summed E-state index contributed by atoms with van der Waals surface area (Å²) in [5.74, 6) is -1.56. The fraction of sp³-hybridized carbons (Fsp3) is 0.500. The molecule has 0 aliphatic rings. The molecule has 0 rings (SSSR count). The summed E-state index contributed by atoms with van der Waals surface area (Å²) in [7, 11) is -2.80. The van der Waals surface area contributed by atoms with E-state index in [4.69, 9.17) is 0 Å². The van der Waals surface area contributed by atoms with Gasteiger partial charge in [-0.25, -0.2) is 9.13 Å². The molecule has 0 fully saturated rings. The van der Waals surface area contributed by atoms with Crippen LogP contribution in [0.15, 0.2) is 0 Å². The second-order valence-electron chi connectivity index (χ2n) is 0.863. The second kappa shape index (κ2) is 5.51. The van der Waals surface area contributed by atoms with E-state index in [1.165, 1.54) is 0 Å². The van der Waals surface area contributed by atoms with Crippen LogP contribution in [0, 0.1) is 0 Å². The monoisotopic (exact) mass is 144 g/mol. The van der Waals surface area contributed by atoms with Gasteiger partial charge in [0.25, 0.3) is 0 Å². The van der Waals surface area contributed by atoms with Gasteiger partial charge in [-0.05, 0) is 0 Å². The van der Waals surface area contributed by atoms with Gasteiger partial charge in [0.15, 0.2) is 0 Å². The second-order valence-corrected chi connectivity index (χ2v) is 1.84. The predicted octanol–water partition coefficient (Wildman–Crippen LogP) is -4.09. The molecule has 0 aromatic carbocycles. The number of carboxylic acid groups (broad SMARTS) is 1. The van der Waals surface area contributed by atoms with Crippen LogP contribution in [-0.4, -0.2) is 12.1 Å². The average molecular weight is 144 g/mol. The third-order valence-electron chi connectivity index (χ3n) is 0.258. The Morgan fingerprint density at radius 3 is 1.88 bits per heavy atom. The minimum atomic E-state index is -2.80. The summed E-state index contributed by atoms with van der Waals surface area (Å²) in [6.07, 6.45) is -0.880. The van der Waals surface area contributed by atoms with Crippen LogP contribution >= 0.6 is 7.68 Å². The maximum absolute atomic E-state index is 9.43. The van der Waals surface area contributed by atoms with E-state index in [2.05, 4.69) is 0 Å². The molecule has 6 heteroatoms. The summed E-state index contributed by atoms with van der Waals surface area (Å²) >= 11 is 0. The van der Waals surface area contributed by atoms with E-state index in [1.54, 1.807) is 0 Å². The fourth-order valence-electron chi connectivity index (χ4n) is 0.105. The molecular weight excluding hydrogens is 142 g/mol. The first kappa shape index (κ1) is 11.2. The number of aliphatic carboxylic acids is 1. The van der Waals surface area contributed by atoms with Crippen molar-refractivity contribution in [2.24, 2.45) is 0 Å². The van der Waals surface area contributed by atoms with Crippen LogP contribution in [0.5, 0.6) is 0 Å². The number of hydrogen-bond donors (Lipinski definition) is 0. The maximum atomic E-state index is 9.43. The zero-order valence-corrected chi connectivity index (χ0v) is 7.18. The zero-order chi connectivity index (χ0) is 5.86. The van der Waals surface area contributed by atoms with Gasteiger partial charge in [0.05, 0.1) is 12.1 Å². The van der Waals surface area contributed by atoms with Crippen molar-refractivity contribution in [1.82, 2.24) is 0 Å². The Balaban J connectivity index is 0. The first-order valence-electron chi connectivity index (χ1n) is 1.44. The number of carboxylic acids is 1. The topological polar surface area (TPSA) is 74.3 Å². The number of hydrogen-bond acceptors (Lipinski definition) is 4. The smallest absolute Gasteiger partial charge is 0.549 e. The molecule has 0 N–H and O–H groups in total. The Kier molecular flexibility index (Phi) is 7.71. The number of carbonyl (C=O) groups excluding carboxylic acids is 1. The van der Waals surface area contributed by atoms with Crippen LogP contribution in [-0.2, 0) is 13.9 Å². The Morgan fingerprint density at radius 1 is 1.50 bits per heavy atom. The quantitative estimate of drug-likeness (QED) is 0.291. The van der Waals surface area contributed by atoms with Gasteiger partial charge < -0.3 is 9.90 Å². The van der Waals surface area contributed by atoms with E-state index in [-0.39, 0.29) is 29.6 Å². The van der Waals surface area contributed by atoms with Crippen molar-refractivity contribution in [2.45, 2.75) is 0 Å². The average Bonchev–Trinajstić information content (AvgIpc) is 1.27. The normalized spacial score (nSPS) is 7.00. The molecule has 0 unspecified atom stereocenters. The molecule has 0 atom stereocenters. The number of carbonyl (C=O) groups is 1. The molecule has 0 aromatic rings. The van der Waals surface area contributed by atoms with Crippen LogP contribution < -0.4 is 34.7 Å². The maximum Gasteiger partial charge on any atom is 1.00 e. The minimum absolute atomic E-state index is 0. The summed E-state index contributed by atoms with van der Waals surface area (Å²) in [4.78, 5) is 9.31. The summed E-state index contributed by atoms with van der Waals surface area (Å²) in [6.45, 7) is 0. The van der Waals surface area contributed by atoms with Crippen LogP contribution in [0.1, 0.15) is 0 Å². The molecule has 0 radical (unpaired) electrons. The van der Waals surface area contributed by atoms with Gasteiger partial charge in [-0.1, -0.05) is 0 Å².